The molecular weight excluding hydrogens is 280 g/mol. The minimum atomic E-state index is -0.672. The van der Waals surface area contributed by atoms with Gasteiger partial charge in [0.25, 0.3) is 5.91 Å². The number of pyridine rings is 1. The van der Waals surface area contributed by atoms with Crippen LogP contribution in [0.5, 0.6) is 5.88 Å². The third-order valence-corrected chi connectivity index (χ3v) is 3.43. The Morgan fingerprint density at radius 3 is 2.68 bits per heavy atom. The highest BCUT2D eigenvalue weighted by atomic mass is 16.5. The molecular formula is C17H20N2O3. The van der Waals surface area contributed by atoms with E-state index in [0.717, 1.165) is 5.56 Å². The van der Waals surface area contributed by atoms with Crippen molar-refractivity contribution in [3.05, 3.63) is 59.8 Å². The van der Waals surface area contributed by atoms with Crippen LogP contribution in [0.25, 0.3) is 0 Å². The molecule has 5 nitrogen and oxygen atoms in total. The third-order valence-electron chi connectivity index (χ3n) is 3.43. The molecule has 1 aromatic heterocycles. The first-order valence-electron chi connectivity index (χ1n) is 7.13. The summed E-state index contributed by atoms with van der Waals surface area (Å²) in [5.41, 5.74) is 1.37. The van der Waals surface area contributed by atoms with Crippen LogP contribution in [-0.4, -0.2) is 35.3 Å². The van der Waals surface area contributed by atoms with Crippen LogP contribution in [0.15, 0.2) is 48.7 Å². The minimum Gasteiger partial charge on any atom is -0.480 e. The van der Waals surface area contributed by atoms with Crippen molar-refractivity contribution >= 4 is 5.91 Å². The first-order valence-corrected chi connectivity index (χ1v) is 7.13. The van der Waals surface area contributed by atoms with E-state index in [1.807, 2.05) is 30.3 Å². The van der Waals surface area contributed by atoms with Crippen LogP contribution in [0.1, 0.15) is 22.8 Å². The first kappa shape index (κ1) is 16.0. The van der Waals surface area contributed by atoms with Gasteiger partial charge in [0.2, 0.25) is 5.88 Å². The number of aliphatic hydroxyl groups excluding tert-OH is 1. The molecule has 0 spiro atoms. The molecule has 2 aromatic rings. The molecule has 0 aliphatic heterocycles. The summed E-state index contributed by atoms with van der Waals surface area (Å²) in [6.07, 6.45) is 1.37. The number of benzene rings is 1. The predicted octanol–water partition coefficient (Wildman–Crippen LogP) is 1.81. The van der Waals surface area contributed by atoms with Crippen molar-refractivity contribution in [1.82, 2.24) is 10.3 Å². The Morgan fingerprint density at radius 1 is 1.27 bits per heavy atom. The smallest absolute Gasteiger partial charge is 0.257 e. The maximum Gasteiger partial charge on any atom is 0.257 e. The topological polar surface area (TPSA) is 71.5 Å². The molecule has 0 aliphatic carbocycles. The van der Waals surface area contributed by atoms with Gasteiger partial charge in [0, 0.05) is 12.6 Å². The monoisotopic (exact) mass is 300 g/mol. The Hall–Kier alpha value is -2.40. The normalized spacial score (nSPS) is 13.2. The number of hydrogen-bond donors (Lipinski definition) is 2. The van der Waals surface area contributed by atoms with Crippen LogP contribution in [0, 0.1) is 0 Å². The molecule has 5 heteroatoms. The van der Waals surface area contributed by atoms with E-state index in [-0.39, 0.29) is 11.8 Å². The standard InChI is InChI=1S/C17H20N2O3/c1-12(15(20)11-13-7-4-3-5-8-13)19-16(21)14-9-6-10-18-17(14)22-2/h3-10,12,15,20H,11H2,1-2H3,(H,19,21). The molecule has 0 saturated carbocycles. The fraction of sp³-hybridized carbons (Fsp3) is 0.294. The molecule has 0 aliphatic rings. The first-order chi connectivity index (χ1) is 10.6. The maximum atomic E-state index is 12.2. The molecule has 22 heavy (non-hydrogen) atoms. The summed E-state index contributed by atoms with van der Waals surface area (Å²) >= 11 is 0. The highest BCUT2D eigenvalue weighted by molar-refractivity contribution is 5.96. The summed E-state index contributed by atoms with van der Waals surface area (Å²) in [4.78, 5) is 16.2. The largest absolute Gasteiger partial charge is 0.480 e. The second-order valence-corrected chi connectivity index (χ2v) is 5.08. The zero-order valence-electron chi connectivity index (χ0n) is 12.7. The van der Waals surface area contributed by atoms with E-state index in [2.05, 4.69) is 10.3 Å². The SMILES string of the molecule is COc1ncccc1C(=O)NC(C)C(O)Cc1ccccc1. The second kappa shape index (κ2) is 7.56. The lowest BCUT2D eigenvalue weighted by atomic mass is 10.0. The fourth-order valence-electron chi connectivity index (χ4n) is 2.14. The van der Waals surface area contributed by atoms with Crippen molar-refractivity contribution in [1.29, 1.82) is 0 Å². The Balaban J connectivity index is 1.98. The van der Waals surface area contributed by atoms with Crippen molar-refractivity contribution in [3.8, 4) is 5.88 Å². The number of carbonyl (C=O) groups excluding carboxylic acids is 1. The van der Waals surface area contributed by atoms with E-state index in [9.17, 15) is 9.90 Å². The van der Waals surface area contributed by atoms with Crippen LogP contribution in [0.4, 0.5) is 0 Å². The van der Waals surface area contributed by atoms with Gasteiger partial charge >= 0.3 is 0 Å². The Bertz CT molecular complexity index is 616. The van der Waals surface area contributed by atoms with Gasteiger partial charge in [-0.25, -0.2) is 4.98 Å². The number of amides is 1. The van der Waals surface area contributed by atoms with Gasteiger partial charge in [-0.2, -0.15) is 0 Å². The van der Waals surface area contributed by atoms with Crippen molar-refractivity contribution < 1.29 is 14.6 Å². The summed E-state index contributed by atoms with van der Waals surface area (Å²) in [6.45, 7) is 1.77. The average molecular weight is 300 g/mol. The van der Waals surface area contributed by atoms with Gasteiger partial charge in [-0.3, -0.25) is 4.79 Å². The van der Waals surface area contributed by atoms with E-state index in [0.29, 0.717) is 12.0 Å². The number of rotatable bonds is 6. The van der Waals surface area contributed by atoms with Crippen LogP contribution < -0.4 is 10.1 Å². The van der Waals surface area contributed by atoms with E-state index >= 15 is 0 Å². The highest BCUT2D eigenvalue weighted by Crippen LogP contribution is 2.14. The molecule has 116 valence electrons. The van der Waals surface area contributed by atoms with Crippen LogP contribution in [0.2, 0.25) is 0 Å². The van der Waals surface area contributed by atoms with Crippen molar-refractivity contribution in [2.45, 2.75) is 25.5 Å². The maximum absolute atomic E-state index is 12.2. The summed E-state index contributed by atoms with van der Waals surface area (Å²) in [5.74, 6) is -0.0469. The number of aromatic nitrogens is 1. The predicted molar refractivity (Wildman–Crippen MR) is 83.9 cm³/mol. The highest BCUT2D eigenvalue weighted by Gasteiger charge is 2.20. The molecule has 0 saturated heterocycles. The van der Waals surface area contributed by atoms with E-state index in [4.69, 9.17) is 4.74 Å². The lowest BCUT2D eigenvalue weighted by molar-refractivity contribution is 0.0848. The van der Waals surface area contributed by atoms with Crippen molar-refractivity contribution in [2.75, 3.05) is 7.11 Å². The summed E-state index contributed by atoms with van der Waals surface area (Å²) in [7, 11) is 1.47. The van der Waals surface area contributed by atoms with Crippen LogP contribution in [0.3, 0.4) is 0 Å². The van der Waals surface area contributed by atoms with Crippen LogP contribution in [-0.2, 0) is 6.42 Å². The zero-order chi connectivity index (χ0) is 15.9. The average Bonchev–Trinajstić information content (AvgIpc) is 2.55. The number of methoxy groups -OCH3 is 1. The molecule has 0 radical (unpaired) electrons. The van der Waals surface area contributed by atoms with Crippen LogP contribution >= 0.6 is 0 Å². The van der Waals surface area contributed by atoms with Gasteiger partial charge in [0.15, 0.2) is 0 Å². The van der Waals surface area contributed by atoms with Gasteiger partial charge in [0.1, 0.15) is 5.56 Å². The van der Waals surface area contributed by atoms with E-state index in [1.165, 1.54) is 7.11 Å². The molecule has 1 aromatic carbocycles. The summed E-state index contributed by atoms with van der Waals surface area (Å²) in [5, 5.41) is 13.0. The molecule has 1 heterocycles. The summed E-state index contributed by atoms with van der Waals surface area (Å²) < 4.78 is 5.07. The molecule has 2 rings (SSSR count). The minimum absolute atomic E-state index is 0.268. The number of hydrogen-bond acceptors (Lipinski definition) is 4. The van der Waals surface area contributed by atoms with Crippen molar-refractivity contribution in [2.24, 2.45) is 0 Å². The number of carbonyl (C=O) groups is 1. The van der Waals surface area contributed by atoms with Gasteiger partial charge in [-0.1, -0.05) is 30.3 Å². The third kappa shape index (κ3) is 4.05. The Labute approximate surface area is 130 Å². The number of nitrogens with one attached hydrogen (secondary N) is 1. The number of nitrogens with zero attached hydrogens (tertiary/aromatic N) is 1. The molecule has 2 atom stereocenters. The molecule has 0 bridgehead atoms. The summed E-state index contributed by atoms with van der Waals surface area (Å²) in [6, 6.07) is 12.6. The second-order valence-electron chi connectivity index (χ2n) is 5.08. The zero-order valence-corrected chi connectivity index (χ0v) is 12.7. The number of ether oxygens (including phenoxy) is 1. The van der Waals surface area contributed by atoms with E-state index in [1.54, 1.807) is 25.3 Å². The molecule has 2 N–H and O–H groups in total. The quantitative estimate of drug-likeness (QED) is 0.853. The van der Waals surface area contributed by atoms with Gasteiger partial charge in [-0.15, -0.1) is 0 Å². The lowest BCUT2D eigenvalue weighted by Gasteiger charge is -2.20. The van der Waals surface area contributed by atoms with Gasteiger partial charge in [0.05, 0.1) is 19.3 Å². The van der Waals surface area contributed by atoms with Gasteiger partial charge in [-0.05, 0) is 24.6 Å². The molecule has 0 fully saturated rings. The Morgan fingerprint density at radius 2 is 2.00 bits per heavy atom. The lowest BCUT2D eigenvalue weighted by Crippen LogP contribution is -2.42. The van der Waals surface area contributed by atoms with E-state index < -0.39 is 12.1 Å². The fourth-order valence-corrected chi connectivity index (χ4v) is 2.14. The number of aliphatic hydroxyl groups is 1. The molecule has 1 amide bonds. The van der Waals surface area contributed by atoms with Gasteiger partial charge < -0.3 is 15.2 Å². The molecule has 2 unspecified atom stereocenters. The van der Waals surface area contributed by atoms with Crippen molar-refractivity contribution in [3.63, 3.8) is 0 Å². The Kier molecular flexibility index (Phi) is 5.49.